The monoisotopic (exact) mass is 444 g/mol. The molecule has 3 atom stereocenters. The molecule has 1 amide bonds. The van der Waals surface area contributed by atoms with Crippen LogP contribution in [0, 0.1) is 0 Å². The van der Waals surface area contributed by atoms with Gasteiger partial charge in [-0.3, -0.25) is 14.9 Å². The number of hydrogen-bond acceptors (Lipinski definition) is 6. The van der Waals surface area contributed by atoms with Gasteiger partial charge in [-0.05, 0) is 32.3 Å². The topological polar surface area (TPSA) is 95.9 Å². The molecule has 0 spiro atoms. The Morgan fingerprint density at radius 3 is 2.62 bits per heavy atom. The fraction of sp³-hybridized carbons (Fsp3) is 0.550. The molecule has 0 aliphatic carbocycles. The van der Waals surface area contributed by atoms with Crippen molar-refractivity contribution in [3.8, 4) is 0 Å². The highest BCUT2D eigenvalue weighted by molar-refractivity contribution is 7.99. The van der Waals surface area contributed by atoms with E-state index < -0.39 is 30.1 Å². The first-order valence-electron chi connectivity index (χ1n) is 9.51. The number of nitrogens with zero attached hydrogens (tertiary/aromatic N) is 1. The Bertz CT molecular complexity index is 676. The molecule has 0 saturated carbocycles. The van der Waals surface area contributed by atoms with Crippen LogP contribution in [0.4, 0.5) is 0 Å². The highest BCUT2D eigenvalue weighted by Crippen LogP contribution is 2.18. The van der Waals surface area contributed by atoms with Gasteiger partial charge in [-0.25, -0.2) is 4.79 Å². The van der Waals surface area contributed by atoms with Gasteiger partial charge in [0.15, 0.2) is 0 Å². The van der Waals surface area contributed by atoms with Gasteiger partial charge in [0.05, 0.1) is 12.6 Å². The van der Waals surface area contributed by atoms with E-state index in [9.17, 15) is 19.5 Å². The standard InChI is InChI=1S/C20H28N2O5S.ClH/c1-3-27-20(26)16(10-9-15-7-5-4-6-8-15)21-14(2)18(23)22-11-12-28-13-17(22)19(24)25;/h4-8,14,16-17,21H,3,9-13H2,1-2H3,(H,24,25);1H/t14-,16?,17?;/m0./s1. The molecule has 9 heteroatoms. The first-order valence-corrected chi connectivity index (χ1v) is 10.7. The Morgan fingerprint density at radius 2 is 2.00 bits per heavy atom. The fourth-order valence-electron chi connectivity index (χ4n) is 3.16. The van der Waals surface area contributed by atoms with Gasteiger partial charge >= 0.3 is 11.9 Å². The summed E-state index contributed by atoms with van der Waals surface area (Å²) in [6.07, 6.45) is 1.15. The van der Waals surface area contributed by atoms with Gasteiger partial charge in [-0.1, -0.05) is 30.3 Å². The van der Waals surface area contributed by atoms with Crippen LogP contribution < -0.4 is 5.32 Å². The number of rotatable bonds is 9. The molecule has 1 heterocycles. The van der Waals surface area contributed by atoms with Crippen molar-refractivity contribution >= 4 is 42.0 Å². The molecular weight excluding hydrogens is 416 g/mol. The van der Waals surface area contributed by atoms with Crippen LogP contribution in [0.3, 0.4) is 0 Å². The molecule has 0 aromatic heterocycles. The van der Waals surface area contributed by atoms with Gasteiger partial charge < -0.3 is 14.7 Å². The summed E-state index contributed by atoms with van der Waals surface area (Å²) in [6, 6.07) is 7.63. The molecule has 7 nitrogen and oxygen atoms in total. The van der Waals surface area contributed by atoms with E-state index in [1.807, 2.05) is 30.3 Å². The lowest BCUT2D eigenvalue weighted by molar-refractivity contribution is -0.151. The van der Waals surface area contributed by atoms with Crippen molar-refractivity contribution in [2.24, 2.45) is 0 Å². The van der Waals surface area contributed by atoms with Crippen molar-refractivity contribution in [2.45, 2.75) is 44.8 Å². The third-order valence-corrected chi connectivity index (χ3v) is 5.68. The van der Waals surface area contributed by atoms with Crippen molar-refractivity contribution in [3.63, 3.8) is 0 Å². The number of esters is 1. The van der Waals surface area contributed by atoms with Crippen molar-refractivity contribution in [3.05, 3.63) is 35.9 Å². The molecule has 1 aromatic rings. The zero-order valence-corrected chi connectivity index (χ0v) is 18.3. The van der Waals surface area contributed by atoms with Crippen LogP contribution in [0.2, 0.25) is 0 Å². The second-order valence-corrected chi connectivity index (χ2v) is 7.83. The van der Waals surface area contributed by atoms with Gasteiger partial charge in [0.2, 0.25) is 5.91 Å². The smallest absolute Gasteiger partial charge is 0.327 e. The minimum absolute atomic E-state index is 0. The summed E-state index contributed by atoms with van der Waals surface area (Å²) in [7, 11) is 0. The minimum atomic E-state index is -1.00. The Labute approximate surface area is 182 Å². The third kappa shape index (κ3) is 7.53. The normalized spacial score (nSPS) is 18.3. The van der Waals surface area contributed by atoms with E-state index in [4.69, 9.17) is 4.74 Å². The molecule has 1 fully saturated rings. The van der Waals surface area contributed by atoms with Crippen LogP contribution in [0.15, 0.2) is 30.3 Å². The predicted octanol–water partition coefficient (Wildman–Crippen LogP) is 1.98. The maximum atomic E-state index is 12.8. The Kier molecular flexibility index (Phi) is 11.1. The highest BCUT2D eigenvalue weighted by atomic mass is 35.5. The summed E-state index contributed by atoms with van der Waals surface area (Å²) >= 11 is 1.53. The van der Waals surface area contributed by atoms with Crippen LogP contribution in [0.5, 0.6) is 0 Å². The summed E-state index contributed by atoms with van der Waals surface area (Å²) in [5, 5.41) is 12.5. The number of thioether (sulfide) groups is 1. The summed E-state index contributed by atoms with van der Waals surface area (Å²) in [6.45, 7) is 4.05. The van der Waals surface area contributed by atoms with Crippen molar-refractivity contribution in [2.75, 3.05) is 24.7 Å². The number of aryl methyl sites for hydroxylation is 1. The Hall–Kier alpha value is -1.77. The number of amides is 1. The lowest BCUT2D eigenvalue weighted by Crippen LogP contribution is -2.57. The number of hydrogen-bond donors (Lipinski definition) is 2. The number of carboxylic acid groups (broad SMARTS) is 1. The van der Waals surface area contributed by atoms with Crippen LogP contribution in [0.1, 0.15) is 25.8 Å². The second-order valence-electron chi connectivity index (χ2n) is 6.68. The van der Waals surface area contributed by atoms with Crippen molar-refractivity contribution < 1.29 is 24.2 Å². The largest absolute Gasteiger partial charge is 0.480 e. The number of carbonyl (C=O) groups is 3. The van der Waals surface area contributed by atoms with Crippen LogP contribution in [0.25, 0.3) is 0 Å². The zero-order valence-electron chi connectivity index (χ0n) is 16.7. The van der Waals surface area contributed by atoms with Crippen molar-refractivity contribution in [1.82, 2.24) is 10.2 Å². The molecular formula is C20H29ClN2O5S. The molecule has 0 bridgehead atoms. The third-order valence-electron chi connectivity index (χ3n) is 4.65. The van der Waals surface area contributed by atoms with Gasteiger partial charge in [0.1, 0.15) is 12.1 Å². The average Bonchev–Trinajstić information content (AvgIpc) is 2.71. The summed E-state index contributed by atoms with van der Waals surface area (Å²) < 4.78 is 5.15. The number of benzene rings is 1. The summed E-state index contributed by atoms with van der Waals surface area (Å²) in [4.78, 5) is 38.1. The molecule has 1 aliphatic heterocycles. The average molecular weight is 445 g/mol. The number of carbonyl (C=O) groups excluding carboxylic acids is 2. The Morgan fingerprint density at radius 1 is 1.31 bits per heavy atom. The SMILES string of the molecule is CCOC(=O)C(CCc1ccccc1)N[C@@H](C)C(=O)N1CCSCC1C(=O)O.Cl. The maximum Gasteiger partial charge on any atom is 0.327 e. The summed E-state index contributed by atoms with van der Waals surface area (Å²) in [5.41, 5.74) is 1.09. The molecule has 2 N–H and O–H groups in total. The van der Waals surface area contributed by atoms with E-state index in [1.54, 1.807) is 13.8 Å². The lowest BCUT2D eigenvalue weighted by atomic mass is 10.0. The van der Waals surface area contributed by atoms with E-state index in [0.717, 1.165) is 5.56 Å². The molecule has 162 valence electrons. The maximum absolute atomic E-state index is 12.8. The fourth-order valence-corrected chi connectivity index (χ4v) is 4.20. The van der Waals surface area contributed by atoms with E-state index in [1.165, 1.54) is 16.7 Å². The number of ether oxygens (including phenoxy) is 1. The number of nitrogens with one attached hydrogen (secondary N) is 1. The van der Waals surface area contributed by atoms with Gasteiger partial charge in [-0.15, -0.1) is 12.4 Å². The van der Waals surface area contributed by atoms with E-state index in [-0.39, 0.29) is 24.9 Å². The number of aliphatic carboxylic acids is 1. The molecule has 1 aliphatic rings. The second kappa shape index (κ2) is 12.7. The van der Waals surface area contributed by atoms with Gasteiger partial charge in [-0.2, -0.15) is 11.8 Å². The minimum Gasteiger partial charge on any atom is -0.480 e. The molecule has 2 unspecified atom stereocenters. The number of carboxylic acids is 1. The lowest BCUT2D eigenvalue weighted by Gasteiger charge is -2.35. The van der Waals surface area contributed by atoms with Crippen LogP contribution in [-0.2, 0) is 25.5 Å². The first kappa shape index (κ1) is 25.3. The summed E-state index contributed by atoms with van der Waals surface area (Å²) in [5.74, 6) is -0.622. The molecule has 1 aromatic carbocycles. The van der Waals surface area contributed by atoms with Crippen LogP contribution in [-0.4, -0.2) is 70.6 Å². The van der Waals surface area contributed by atoms with Crippen molar-refractivity contribution in [1.29, 1.82) is 0 Å². The molecule has 2 rings (SSSR count). The van der Waals surface area contributed by atoms with E-state index in [2.05, 4.69) is 5.32 Å². The number of halogens is 1. The van der Waals surface area contributed by atoms with Crippen LogP contribution >= 0.6 is 24.2 Å². The van der Waals surface area contributed by atoms with Gasteiger partial charge in [0, 0.05) is 18.1 Å². The highest BCUT2D eigenvalue weighted by Gasteiger charge is 2.35. The molecule has 0 radical (unpaired) electrons. The quantitative estimate of drug-likeness (QED) is 0.562. The van der Waals surface area contributed by atoms with Gasteiger partial charge in [0.25, 0.3) is 0 Å². The molecule has 1 saturated heterocycles. The van der Waals surface area contributed by atoms with E-state index in [0.29, 0.717) is 30.9 Å². The predicted molar refractivity (Wildman–Crippen MR) is 115 cm³/mol. The first-order chi connectivity index (χ1) is 13.4. The zero-order chi connectivity index (χ0) is 20.5. The molecule has 29 heavy (non-hydrogen) atoms. The Balaban J connectivity index is 0.00000420. The van der Waals surface area contributed by atoms with E-state index >= 15 is 0 Å².